The number of nitrogens with one attached hydrogen (secondary N) is 1. The number of nitrogens with two attached hydrogens (primary N) is 1. The first-order chi connectivity index (χ1) is 10.1. The molecule has 0 aromatic heterocycles. The van der Waals surface area contributed by atoms with E-state index in [-0.39, 0.29) is 5.82 Å². The Bertz CT molecular complexity index is 599. The van der Waals surface area contributed by atoms with Gasteiger partial charge >= 0.3 is 0 Å². The van der Waals surface area contributed by atoms with Crippen LogP contribution < -0.4 is 20.9 Å². The van der Waals surface area contributed by atoms with Crippen LogP contribution in [0.1, 0.15) is 17.2 Å². The predicted octanol–water partition coefficient (Wildman–Crippen LogP) is 2.45. The topological polar surface area (TPSA) is 50.5 Å². The van der Waals surface area contributed by atoms with Crippen molar-refractivity contribution in [2.75, 3.05) is 26.1 Å². The number of hydrazine groups is 1. The molecule has 2 aromatic rings. The number of ether oxygens (including phenoxy) is 1. The van der Waals surface area contributed by atoms with Crippen molar-refractivity contribution in [1.29, 1.82) is 0 Å². The van der Waals surface area contributed by atoms with Gasteiger partial charge in [0.25, 0.3) is 0 Å². The highest BCUT2D eigenvalue weighted by atomic mass is 19.1. The van der Waals surface area contributed by atoms with Crippen molar-refractivity contribution < 1.29 is 9.13 Å². The third-order valence-electron chi connectivity index (χ3n) is 3.43. The Balaban J connectivity index is 2.35. The predicted molar refractivity (Wildman–Crippen MR) is 82.9 cm³/mol. The summed E-state index contributed by atoms with van der Waals surface area (Å²) >= 11 is 0. The van der Waals surface area contributed by atoms with Gasteiger partial charge in [-0.15, -0.1) is 0 Å². The van der Waals surface area contributed by atoms with Crippen LogP contribution in [0.2, 0.25) is 0 Å². The Hall–Kier alpha value is -2.11. The highest BCUT2D eigenvalue weighted by Gasteiger charge is 2.17. The van der Waals surface area contributed by atoms with Gasteiger partial charge in [0.1, 0.15) is 11.6 Å². The van der Waals surface area contributed by atoms with E-state index in [1.807, 2.05) is 43.3 Å². The average Bonchev–Trinajstić information content (AvgIpc) is 2.50. The van der Waals surface area contributed by atoms with Gasteiger partial charge in [0.2, 0.25) is 0 Å². The molecule has 0 radical (unpaired) electrons. The average molecular weight is 289 g/mol. The SMILES string of the molecule is COc1ccc(C(NN)c2ccc(N(C)C)cc2)c(F)c1. The smallest absolute Gasteiger partial charge is 0.132 e. The molecule has 0 saturated heterocycles. The molecule has 2 rings (SSSR count). The summed E-state index contributed by atoms with van der Waals surface area (Å²) in [5.41, 5.74) is 5.12. The molecule has 0 heterocycles. The van der Waals surface area contributed by atoms with Gasteiger partial charge < -0.3 is 9.64 Å². The van der Waals surface area contributed by atoms with Crippen LogP contribution >= 0.6 is 0 Å². The van der Waals surface area contributed by atoms with E-state index < -0.39 is 6.04 Å². The number of anilines is 1. The monoisotopic (exact) mass is 289 g/mol. The zero-order valence-electron chi connectivity index (χ0n) is 12.4. The van der Waals surface area contributed by atoms with Gasteiger partial charge in [0.05, 0.1) is 13.2 Å². The fraction of sp³-hybridized carbons (Fsp3) is 0.250. The zero-order chi connectivity index (χ0) is 15.4. The molecule has 0 fully saturated rings. The number of benzene rings is 2. The molecule has 0 aliphatic heterocycles. The molecule has 5 heteroatoms. The van der Waals surface area contributed by atoms with Gasteiger partial charge in [-0.05, 0) is 23.8 Å². The molecular weight excluding hydrogens is 269 g/mol. The quantitative estimate of drug-likeness (QED) is 0.656. The maximum absolute atomic E-state index is 14.2. The van der Waals surface area contributed by atoms with Gasteiger partial charge in [-0.2, -0.15) is 0 Å². The maximum atomic E-state index is 14.2. The third kappa shape index (κ3) is 3.32. The van der Waals surface area contributed by atoms with Crippen molar-refractivity contribution in [1.82, 2.24) is 5.43 Å². The summed E-state index contributed by atoms with van der Waals surface area (Å²) in [6.45, 7) is 0. The van der Waals surface area contributed by atoms with Crippen LogP contribution in [-0.4, -0.2) is 21.2 Å². The van der Waals surface area contributed by atoms with Gasteiger partial charge in [-0.3, -0.25) is 5.84 Å². The summed E-state index contributed by atoms with van der Waals surface area (Å²) in [7, 11) is 5.45. The summed E-state index contributed by atoms with van der Waals surface area (Å²) in [5, 5.41) is 0. The molecule has 0 aliphatic carbocycles. The van der Waals surface area contributed by atoms with E-state index in [0.717, 1.165) is 11.3 Å². The lowest BCUT2D eigenvalue weighted by Crippen LogP contribution is -2.29. The molecule has 3 N–H and O–H groups in total. The highest BCUT2D eigenvalue weighted by molar-refractivity contribution is 5.48. The highest BCUT2D eigenvalue weighted by Crippen LogP contribution is 2.27. The van der Waals surface area contributed by atoms with Crippen molar-refractivity contribution in [2.24, 2.45) is 5.84 Å². The standard InChI is InChI=1S/C16H20FN3O/c1-20(2)12-6-4-11(5-7-12)16(19-18)14-9-8-13(21-3)10-15(14)17/h4-10,16,19H,18H2,1-3H3. The van der Waals surface area contributed by atoms with Gasteiger partial charge in [0, 0.05) is 31.4 Å². The molecule has 0 spiro atoms. The molecule has 112 valence electrons. The van der Waals surface area contributed by atoms with E-state index in [9.17, 15) is 4.39 Å². The molecule has 1 atom stereocenters. The first-order valence-electron chi connectivity index (χ1n) is 6.63. The van der Waals surface area contributed by atoms with E-state index >= 15 is 0 Å². The van der Waals surface area contributed by atoms with E-state index in [4.69, 9.17) is 10.6 Å². The van der Waals surface area contributed by atoms with Crippen molar-refractivity contribution in [2.45, 2.75) is 6.04 Å². The minimum atomic E-state index is -0.410. The van der Waals surface area contributed by atoms with Gasteiger partial charge in [-0.1, -0.05) is 18.2 Å². The molecule has 0 saturated carbocycles. The lowest BCUT2D eigenvalue weighted by atomic mass is 9.98. The van der Waals surface area contributed by atoms with Crippen molar-refractivity contribution >= 4 is 5.69 Å². The summed E-state index contributed by atoms with van der Waals surface area (Å²) in [4.78, 5) is 2.00. The van der Waals surface area contributed by atoms with E-state index in [2.05, 4.69) is 5.43 Å². The second-order valence-electron chi connectivity index (χ2n) is 4.97. The normalized spacial score (nSPS) is 12.0. The van der Waals surface area contributed by atoms with Crippen molar-refractivity contribution in [3.63, 3.8) is 0 Å². The molecule has 0 aliphatic rings. The fourth-order valence-corrected chi connectivity index (χ4v) is 2.20. The number of halogens is 1. The molecule has 1 unspecified atom stereocenters. The molecule has 0 amide bonds. The first-order valence-corrected chi connectivity index (χ1v) is 6.63. The number of hydrogen-bond donors (Lipinski definition) is 2. The maximum Gasteiger partial charge on any atom is 0.132 e. The summed E-state index contributed by atoms with van der Waals surface area (Å²) in [6.07, 6.45) is 0. The fourth-order valence-electron chi connectivity index (χ4n) is 2.20. The van der Waals surface area contributed by atoms with Gasteiger partial charge in [-0.25, -0.2) is 9.82 Å². The minimum Gasteiger partial charge on any atom is -0.497 e. The lowest BCUT2D eigenvalue weighted by Gasteiger charge is -2.19. The Morgan fingerprint density at radius 3 is 2.29 bits per heavy atom. The van der Waals surface area contributed by atoms with Crippen LogP contribution in [0.15, 0.2) is 42.5 Å². The van der Waals surface area contributed by atoms with Crippen LogP contribution in [0.4, 0.5) is 10.1 Å². The number of rotatable bonds is 5. The molecular formula is C16H20FN3O. The summed E-state index contributed by atoms with van der Waals surface area (Å²) in [5.74, 6) is 5.74. The molecule has 2 aromatic carbocycles. The second kappa shape index (κ2) is 6.56. The molecule has 21 heavy (non-hydrogen) atoms. The summed E-state index contributed by atoms with van der Waals surface area (Å²) < 4.78 is 19.2. The Morgan fingerprint density at radius 2 is 1.81 bits per heavy atom. The van der Waals surface area contributed by atoms with Gasteiger partial charge in [0.15, 0.2) is 0 Å². The van der Waals surface area contributed by atoms with Crippen molar-refractivity contribution in [3.8, 4) is 5.75 Å². The van der Waals surface area contributed by atoms with Crippen molar-refractivity contribution in [3.05, 3.63) is 59.4 Å². The number of methoxy groups -OCH3 is 1. The van der Waals surface area contributed by atoms with Crippen LogP contribution in [-0.2, 0) is 0 Å². The summed E-state index contributed by atoms with van der Waals surface area (Å²) in [6, 6.07) is 12.2. The van der Waals surface area contributed by atoms with E-state index in [0.29, 0.717) is 11.3 Å². The van der Waals surface area contributed by atoms with Crippen LogP contribution in [0.3, 0.4) is 0 Å². The largest absolute Gasteiger partial charge is 0.497 e. The Kier molecular flexibility index (Phi) is 4.77. The number of nitrogens with zero attached hydrogens (tertiary/aromatic N) is 1. The van der Waals surface area contributed by atoms with E-state index in [1.165, 1.54) is 13.2 Å². The van der Waals surface area contributed by atoms with Crippen LogP contribution in [0.25, 0.3) is 0 Å². The molecule has 4 nitrogen and oxygen atoms in total. The van der Waals surface area contributed by atoms with Crippen LogP contribution in [0, 0.1) is 5.82 Å². The zero-order valence-corrected chi connectivity index (χ0v) is 12.4. The lowest BCUT2D eigenvalue weighted by molar-refractivity contribution is 0.410. The Morgan fingerprint density at radius 1 is 1.14 bits per heavy atom. The first kappa shape index (κ1) is 15.3. The number of hydrogen-bond acceptors (Lipinski definition) is 4. The molecule has 0 bridgehead atoms. The second-order valence-corrected chi connectivity index (χ2v) is 4.97. The van der Waals surface area contributed by atoms with Crippen LogP contribution in [0.5, 0.6) is 5.75 Å². The minimum absolute atomic E-state index is 0.353. The third-order valence-corrected chi connectivity index (χ3v) is 3.43. The van der Waals surface area contributed by atoms with E-state index in [1.54, 1.807) is 12.1 Å². The Labute approximate surface area is 124 Å².